The van der Waals surface area contributed by atoms with Crippen molar-refractivity contribution < 1.29 is 32.0 Å². The molecule has 1 saturated heterocycles. The number of sulfone groups is 1. The number of anilines is 1. The van der Waals surface area contributed by atoms with Gasteiger partial charge in [-0.25, -0.2) is 13.2 Å². The lowest BCUT2D eigenvalue weighted by Crippen LogP contribution is -2.43. The Bertz CT molecular complexity index is 940. The Kier molecular flexibility index (Phi) is 5.98. The van der Waals surface area contributed by atoms with E-state index in [1.54, 1.807) is 37.3 Å². The van der Waals surface area contributed by atoms with Crippen LogP contribution in [0.5, 0.6) is 5.88 Å². The van der Waals surface area contributed by atoms with Gasteiger partial charge in [-0.1, -0.05) is 18.2 Å². The molecule has 0 bridgehead atoms. The molecule has 1 aliphatic rings. The zero-order chi connectivity index (χ0) is 20.1. The van der Waals surface area contributed by atoms with Gasteiger partial charge < -0.3 is 18.9 Å². The van der Waals surface area contributed by atoms with Gasteiger partial charge in [-0.3, -0.25) is 4.79 Å². The van der Waals surface area contributed by atoms with Gasteiger partial charge in [0.25, 0.3) is 11.8 Å². The van der Waals surface area contributed by atoms with Gasteiger partial charge >= 0.3 is 5.97 Å². The summed E-state index contributed by atoms with van der Waals surface area (Å²) in [6.07, 6.45) is 0.339. The topological polar surface area (TPSA) is 116 Å². The molecule has 0 saturated carbocycles. The molecule has 3 rings (SSSR count). The zero-order valence-corrected chi connectivity index (χ0v) is 16.1. The lowest BCUT2D eigenvalue weighted by molar-refractivity contribution is -0.150. The second-order valence-corrected chi connectivity index (χ2v) is 8.61. The summed E-state index contributed by atoms with van der Waals surface area (Å²) in [5, 5.41) is 3.58. The van der Waals surface area contributed by atoms with Crippen LogP contribution in [-0.2, 0) is 24.2 Å². The van der Waals surface area contributed by atoms with Gasteiger partial charge in [0.2, 0.25) is 0 Å². The number of esters is 1. The molecule has 0 N–H and O–H groups in total. The van der Waals surface area contributed by atoms with E-state index in [9.17, 15) is 18.0 Å². The van der Waals surface area contributed by atoms with Gasteiger partial charge in [0.1, 0.15) is 5.76 Å². The number of carbonyl (C=O) groups excluding carboxylic acids is 2. The van der Waals surface area contributed by atoms with Crippen LogP contribution in [0.4, 0.5) is 5.69 Å². The maximum atomic E-state index is 12.7. The fourth-order valence-corrected chi connectivity index (χ4v) is 4.62. The van der Waals surface area contributed by atoms with E-state index in [2.05, 4.69) is 5.16 Å². The molecule has 0 spiro atoms. The third-order valence-corrected chi connectivity index (χ3v) is 5.93. The van der Waals surface area contributed by atoms with Crippen LogP contribution in [0.2, 0.25) is 0 Å². The Morgan fingerprint density at radius 2 is 2.00 bits per heavy atom. The molecule has 0 radical (unpaired) electrons. The van der Waals surface area contributed by atoms with Crippen molar-refractivity contribution in [3.8, 4) is 5.88 Å². The van der Waals surface area contributed by atoms with Crippen molar-refractivity contribution in [2.45, 2.75) is 19.4 Å². The first-order valence-electron chi connectivity index (χ1n) is 8.63. The van der Waals surface area contributed by atoms with Crippen LogP contribution in [0, 0.1) is 6.92 Å². The summed E-state index contributed by atoms with van der Waals surface area (Å²) >= 11 is 0. The molecule has 9 nitrogen and oxygen atoms in total. The highest BCUT2D eigenvalue weighted by molar-refractivity contribution is 7.91. The first kappa shape index (κ1) is 19.9. The summed E-state index contributed by atoms with van der Waals surface area (Å²) in [4.78, 5) is 25.9. The van der Waals surface area contributed by atoms with Crippen molar-refractivity contribution in [3.05, 3.63) is 42.2 Å². The second kappa shape index (κ2) is 8.42. The number of benzene rings is 1. The first-order chi connectivity index (χ1) is 13.3. The second-order valence-electron chi connectivity index (χ2n) is 6.38. The average molecular weight is 408 g/mol. The van der Waals surface area contributed by atoms with E-state index in [1.807, 2.05) is 0 Å². The highest BCUT2D eigenvalue weighted by Crippen LogP contribution is 2.24. The lowest BCUT2D eigenvalue weighted by atomic mass is 10.2. The van der Waals surface area contributed by atoms with Crippen LogP contribution >= 0.6 is 0 Å². The maximum Gasteiger partial charge on any atom is 0.344 e. The van der Waals surface area contributed by atoms with E-state index < -0.39 is 41.0 Å². The molecule has 2 heterocycles. The molecule has 2 aromatic rings. The van der Waals surface area contributed by atoms with Crippen LogP contribution in [0.25, 0.3) is 0 Å². The van der Waals surface area contributed by atoms with Crippen LogP contribution < -0.4 is 9.64 Å². The first-order valence-corrected chi connectivity index (χ1v) is 10.5. The molecule has 1 atom stereocenters. The molecule has 1 aliphatic heterocycles. The van der Waals surface area contributed by atoms with Crippen molar-refractivity contribution in [2.24, 2.45) is 0 Å². The largest absolute Gasteiger partial charge is 0.463 e. The molecule has 1 aromatic heterocycles. The predicted molar refractivity (Wildman–Crippen MR) is 98.7 cm³/mol. The molecule has 0 unspecified atom stereocenters. The number of para-hydroxylation sites is 1. The number of ether oxygens (including phenoxy) is 2. The Labute approximate surface area is 162 Å². The summed E-state index contributed by atoms with van der Waals surface area (Å²) in [7, 11) is -3.19. The van der Waals surface area contributed by atoms with Gasteiger partial charge in [-0.05, 0) is 30.6 Å². The quantitative estimate of drug-likeness (QED) is 0.626. The smallest absolute Gasteiger partial charge is 0.344 e. The number of hydrogen-bond donors (Lipinski definition) is 0. The predicted octanol–water partition coefficient (Wildman–Crippen LogP) is 1.13. The Morgan fingerprint density at radius 1 is 1.25 bits per heavy atom. The van der Waals surface area contributed by atoms with Gasteiger partial charge in [0.15, 0.2) is 23.1 Å². The summed E-state index contributed by atoms with van der Waals surface area (Å²) in [5.41, 5.74) is 0.556. The molecule has 150 valence electrons. The maximum absolute atomic E-state index is 12.7. The van der Waals surface area contributed by atoms with Crippen LogP contribution in [0.1, 0.15) is 12.2 Å². The fraction of sp³-hybridized carbons (Fsp3) is 0.389. The average Bonchev–Trinajstić information content (AvgIpc) is 3.24. The number of aryl methyl sites for hydroxylation is 1. The van der Waals surface area contributed by atoms with Crippen molar-refractivity contribution in [2.75, 3.05) is 29.6 Å². The highest BCUT2D eigenvalue weighted by atomic mass is 32.2. The van der Waals surface area contributed by atoms with Crippen molar-refractivity contribution in [3.63, 3.8) is 0 Å². The standard InChI is InChI=1S/C18H20N2O7S/c1-13-9-16(19-27-13)25-11-18(22)26-10-17(21)20(14-5-3-2-4-6-14)15-7-8-28(23,24)12-15/h2-6,9,15H,7-8,10-12H2,1H3/t15-/m0/s1. The highest BCUT2D eigenvalue weighted by Gasteiger charge is 2.35. The number of nitrogens with zero attached hydrogens (tertiary/aromatic N) is 2. The fourth-order valence-electron chi connectivity index (χ4n) is 2.92. The molecule has 1 amide bonds. The number of rotatable bonds is 7. The monoisotopic (exact) mass is 408 g/mol. The molecule has 28 heavy (non-hydrogen) atoms. The van der Waals surface area contributed by atoms with E-state index in [0.29, 0.717) is 17.9 Å². The minimum atomic E-state index is -3.19. The molecule has 1 aromatic carbocycles. The molecule has 1 fully saturated rings. The minimum absolute atomic E-state index is 0.0268. The van der Waals surface area contributed by atoms with Crippen molar-refractivity contribution >= 4 is 27.4 Å². The lowest BCUT2D eigenvalue weighted by Gasteiger charge is -2.28. The van der Waals surface area contributed by atoms with E-state index >= 15 is 0 Å². The number of hydrogen-bond acceptors (Lipinski definition) is 8. The van der Waals surface area contributed by atoms with Gasteiger partial charge in [0.05, 0.1) is 17.5 Å². The Hall–Kier alpha value is -2.88. The Balaban J connectivity index is 1.60. The van der Waals surface area contributed by atoms with E-state index in [1.165, 1.54) is 11.0 Å². The number of carbonyl (C=O) groups is 2. The van der Waals surface area contributed by atoms with E-state index in [-0.39, 0.29) is 17.4 Å². The zero-order valence-electron chi connectivity index (χ0n) is 15.2. The molecular formula is C18H20N2O7S. The summed E-state index contributed by atoms with van der Waals surface area (Å²) in [6.45, 7) is 0.728. The summed E-state index contributed by atoms with van der Waals surface area (Å²) < 4.78 is 38.6. The molecule has 0 aliphatic carbocycles. The Morgan fingerprint density at radius 3 is 2.61 bits per heavy atom. The minimum Gasteiger partial charge on any atom is -0.463 e. The van der Waals surface area contributed by atoms with Gasteiger partial charge in [-0.15, -0.1) is 0 Å². The third kappa shape index (κ3) is 5.10. The van der Waals surface area contributed by atoms with Gasteiger partial charge in [0, 0.05) is 11.8 Å². The van der Waals surface area contributed by atoms with Crippen LogP contribution in [0.15, 0.2) is 40.9 Å². The van der Waals surface area contributed by atoms with E-state index in [4.69, 9.17) is 14.0 Å². The van der Waals surface area contributed by atoms with Gasteiger partial charge in [-0.2, -0.15) is 0 Å². The number of aromatic nitrogens is 1. The SMILES string of the molecule is Cc1cc(OCC(=O)OCC(=O)N(c2ccccc2)[C@H]2CCS(=O)(=O)C2)no1. The normalized spacial score (nSPS) is 17.8. The van der Waals surface area contributed by atoms with E-state index in [0.717, 1.165) is 0 Å². The number of amides is 1. The summed E-state index contributed by atoms with van der Waals surface area (Å²) in [5.74, 6) is -0.665. The third-order valence-electron chi connectivity index (χ3n) is 4.18. The van der Waals surface area contributed by atoms with Crippen LogP contribution in [-0.4, -0.2) is 56.2 Å². The molecular weight excluding hydrogens is 388 g/mol. The molecule has 10 heteroatoms. The van der Waals surface area contributed by atoms with Crippen LogP contribution in [0.3, 0.4) is 0 Å². The van der Waals surface area contributed by atoms with Crippen molar-refractivity contribution in [1.82, 2.24) is 5.16 Å². The summed E-state index contributed by atoms with van der Waals surface area (Å²) in [6, 6.07) is 9.73. The van der Waals surface area contributed by atoms with Crippen molar-refractivity contribution in [1.29, 1.82) is 0 Å².